The molecule has 0 spiro atoms. The first-order chi connectivity index (χ1) is 8.40. The third-order valence-corrected chi connectivity index (χ3v) is 2.78. The molecule has 0 aliphatic carbocycles. The number of aryl methyl sites for hydroxylation is 3. The van der Waals surface area contributed by atoms with Gasteiger partial charge >= 0.3 is 0 Å². The molecule has 0 unspecified atom stereocenters. The highest BCUT2D eigenvalue weighted by Gasteiger charge is 1.94. The van der Waals surface area contributed by atoms with E-state index in [1.165, 1.54) is 0 Å². The van der Waals surface area contributed by atoms with Crippen molar-refractivity contribution in [1.82, 2.24) is 0 Å². The van der Waals surface area contributed by atoms with Crippen LogP contribution < -0.4 is 0 Å². The van der Waals surface area contributed by atoms with E-state index >= 15 is 0 Å². The Morgan fingerprint density at radius 2 is 1.33 bits per heavy atom. The molecule has 0 atom stereocenters. The monoisotopic (exact) mass is 244 g/mol. The highest BCUT2D eigenvalue weighted by Crippen LogP contribution is 2.17. The highest BCUT2D eigenvalue weighted by atomic mass is 16.3. The van der Waals surface area contributed by atoms with Crippen molar-refractivity contribution in [3.8, 4) is 11.5 Å². The van der Waals surface area contributed by atoms with E-state index in [2.05, 4.69) is 0 Å². The van der Waals surface area contributed by atoms with Gasteiger partial charge in [-0.3, -0.25) is 0 Å². The van der Waals surface area contributed by atoms with E-state index in [9.17, 15) is 0 Å². The maximum absolute atomic E-state index is 9.10. The number of rotatable bonds is 0. The number of phenolic OH excluding ortho intramolecular Hbond substituents is 2. The summed E-state index contributed by atoms with van der Waals surface area (Å²) in [5.74, 6) is 0.738. The van der Waals surface area contributed by atoms with Crippen LogP contribution in [0.4, 0.5) is 0 Å². The van der Waals surface area contributed by atoms with Gasteiger partial charge in [0.15, 0.2) is 0 Å². The summed E-state index contributed by atoms with van der Waals surface area (Å²) in [6.45, 7) is 7.82. The number of benzene rings is 2. The molecule has 0 amide bonds. The Morgan fingerprint density at radius 3 is 1.72 bits per heavy atom. The Bertz CT molecular complexity index is 460. The van der Waals surface area contributed by atoms with Gasteiger partial charge in [0, 0.05) is 0 Å². The molecular weight excluding hydrogens is 224 g/mol. The molecule has 2 nitrogen and oxygen atoms in total. The van der Waals surface area contributed by atoms with Gasteiger partial charge in [0.1, 0.15) is 11.5 Å². The molecule has 0 saturated heterocycles. The first-order valence-corrected chi connectivity index (χ1v) is 5.92. The summed E-state index contributed by atoms with van der Waals surface area (Å²) in [5, 5.41) is 18.1. The van der Waals surface area contributed by atoms with Gasteiger partial charge in [-0.1, -0.05) is 18.2 Å². The average molecular weight is 244 g/mol. The standard InChI is InChI=1S/2C8H10O/c1-6-3-7(2)5-8(9)4-6;1-6-4-3-5-8(9)7(6)2/h2*3-5,9H,1-2H3. The zero-order valence-electron chi connectivity index (χ0n) is 11.4. The molecule has 0 fully saturated rings. The zero-order chi connectivity index (χ0) is 13.7. The Labute approximate surface area is 109 Å². The fourth-order valence-corrected chi connectivity index (χ4v) is 1.69. The van der Waals surface area contributed by atoms with Crippen molar-refractivity contribution >= 4 is 0 Å². The Morgan fingerprint density at radius 1 is 0.778 bits per heavy atom. The summed E-state index contributed by atoms with van der Waals surface area (Å²) in [6.07, 6.45) is 0. The van der Waals surface area contributed by atoms with E-state index in [-0.39, 0.29) is 0 Å². The molecular formula is C16H20O2. The van der Waals surface area contributed by atoms with E-state index < -0.39 is 0 Å². The molecule has 2 N–H and O–H groups in total. The molecule has 0 aromatic heterocycles. The first-order valence-electron chi connectivity index (χ1n) is 5.92. The molecule has 96 valence electrons. The van der Waals surface area contributed by atoms with E-state index in [1.807, 2.05) is 45.9 Å². The lowest BCUT2D eigenvalue weighted by molar-refractivity contribution is 0.470. The van der Waals surface area contributed by atoms with E-state index in [0.717, 1.165) is 22.3 Å². The van der Waals surface area contributed by atoms with Crippen molar-refractivity contribution < 1.29 is 10.2 Å². The summed E-state index contributed by atoms with van der Waals surface area (Å²) in [6, 6.07) is 11.0. The SMILES string of the molecule is Cc1cc(C)cc(O)c1.Cc1cccc(O)c1C. The van der Waals surface area contributed by atoms with Gasteiger partial charge in [0.25, 0.3) is 0 Å². The van der Waals surface area contributed by atoms with Gasteiger partial charge in [0.05, 0.1) is 0 Å². The van der Waals surface area contributed by atoms with Crippen LogP contribution in [0.3, 0.4) is 0 Å². The van der Waals surface area contributed by atoms with Crippen LogP contribution in [0.2, 0.25) is 0 Å². The predicted molar refractivity (Wildman–Crippen MR) is 75.2 cm³/mol. The quantitative estimate of drug-likeness (QED) is 0.735. The predicted octanol–water partition coefficient (Wildman–Crippen LogP) is 4.02. The fourth-order valence-electron chi connectivity index (χ4n) is 1.69. The lowest BCUT2D eigenvalue weighted by Crippen LogP contribution is -1.78. The smallest absolute Gasteiger partial charge is 0.118 e. The number of aromatic hydroxyl groups is 2. The van der Waals surface area contributed by atoms with Crippen LogP contribution in [-0.2, 0) is 0 Å². The van der Waals surface area contributed by atoms with Gasteiger partial charge in [0.2, 0.25) is 0 Å². The Hall–Kier alpha value is -1.96. The third kappa shape index (κ3) is 4.13. The molecule has 0 saturated carbocycles. The van der Waals surface area contributed by atoms with Crippen molar-refractivity contribution in [2.45, 2.75) is 27.7 Å². The zero-order valence-corrected chi connectivity index (χ0v) is 11.4. The number of hydrogen-bond acceptors (Lipinski definition) is 2. The van der Waals surface area contributed by atoms with Crippen molar-refractivity contribution in [3.63, 3.8) is 0 Å². The second-order valence-electron chi connectivity index (χ2n) is 4.56. The van der Waals surface area contributed by atoms with Crippen LogP contribution in [0.25, 0.3) is 0 Å². The maximum atomic E-state index is 9.10. The van der Waals surface area contributed by atoms with Crippen LogP contribution in [0.5, 0.6) is 11.5 Å². The summed E-state index contributed by atoms with van der Waals surface area (Å²) >= 11 is 0. The molecule has 0 aliphatic rings. The maximum Gasteiger partial charge on any atom is 0.118 e. The topological polar surface area (TPSA) is 40.5 Å². The summed E-state index contributed by atoms with van der Waals surface area (Å²) in [5.41, 5.74) is 4.31. The normalized spacial score (nSPS) is 9.56. The molecule has 0 radical (unpaired) electrons. The van der Waals surface area contributed by atoms with Crippen molar-refractivity contribution in [3.05, 3.63) is 58.7 Å². The number of phenols is 2. The van der Waals surface area contributed by atoms with Crippen molar-refractivity contribution in [1.29, 1.82) is 0 Å². The van der Waals surface area contributed by atoms with Crippen molar-refractivity contribution in [2.24, 2.45) is 0 Å². The molecule has 2 heteroatoms. The molecule has 2 rings (SSSR count). The minimum absolute atomic E-state index is 0.354. The molecule has 2 aromatic rings. The minimum atomic E-state index is 0.354. The third-order valence-electron chi connectivity index (χ3n) is 2.78. The van der Waals surface area contributed by atoms with Gasteiger partial charge in [-0.05, 0) is 68.1 Å². The van der Waals surface area contributed by atoms with Crippen LogP contribution in [0, 0.1) is 27.7 Å². The molecule has 2 aromatic carbocycles. The van der Waals surface area contributed by atoms with Gasteiger partial charge in [-0.15, -0.1) is 0 Å². The minimum Gasteiger partial charge on any atom is -0.508 e. The van der Waals surface area contributed by atoms with E-state index in [1.54, 1.807) is 18.2 Å². The molecule has 0 bridgehead atoms. The second-order valence-corrected chi connectivity index (χ2v) is 4.56. The van der Waals surface area contributed by atoms with Crippen LogP contribution in [0.15, 0.2) is 36.4 Å². The number of hydrogen-bond donors (Lipinski definition) is 2. The van der Waals surface area contributed by atoms with Crippen molar-refractivity contribution in [2.75, 3.05) is 0 Å². The van der Waals surface area contributed by atoms with E-state index in [4.69, 9.17) is 10.2 Å². The van der Waals surface area contributed by atoms with Crippen LogP contribution in [0.1, 0.15) is 22.3 Å². The van der Waals surface area contributed by atoms with Gasteiger partial charge in [-0.2, -0.15) is 0 Å². The molecule has 0 heterocycles. The lowest BCUT2D eigenvalue weighted by atomic mass is 10.1. The molecule has 18 heavy (non-hydrogen) atoms. The second kappa shape index (κ2) is 6.10. The van der Waals surface area contributed by atoms with E-state index in [0.29, 0.717) is 11.5 Å². The van der Waals surface area contributed by atoms with Crippen LogP contribution in [-0.4, -0.2) is 10.2 Å². The van der Waals surface area contributed by atoms with Crippen LogP contribution >= 0.6 is 0 Å². The Balaban J connectivity index is 0.000000180. The Kier molecular flexibility index (Phi) is 4.78. The van der Waals surface area contributed by atoms with Gasteiger partial charge in [-0.25, -0.2) is 0 Å². The lowest BCUT2D eigenvalue weighted by Gasteiger charge is -1.99. The summed E-state index contributed by atoms with van der Waals surface area (Å²) in [7, 11) is 0. The largest absolute Gasteiger partial charge is 0.508 e. The highest BCUT2D eigenvalue weighted by molar-refractivity contribution is 5.36. The first kappa shape index (κ1) is 14.1. The molecule has 0 aliphatic heterocycles. The summed E-state index contributed by atoms with van der Waals surface area (Å²) < 4.78 is 0. The van der Waals surface area contributed by atoms with Gasteiger partial charge < -0.3 is 10.2 Å². The average Bonchev–Trinajstić information content (AvgIpc) is 2.24. The fraction of sp³-hybridized carbons (Fsp3) is 0.250. The summed E-state index contributed by atoms with van der Waals surface area (Å²) in [4.78, 5) is 0.